The highest BCUT2D eigenvalue weighted by Gasteiger charge is 2.42. The third-order valence-electron chi connectivity index (χ3n) is 5.83. The van der Waals surface area contributed by atoms with Crippen molar-refractivity contribution in [3.63, 3.8) is 0 Å². The summed E-state index contributed by atoms with van der Waals surface area (Å²) in [4.78, 5) is 0. The van der Waals surface area contributed by atoms with E-state index in [0.717, 1.165) is 42.4 Å². The second-order valence-corrected chi connectivity index (χ2v) is 7.84. The van der Waals surface area contributed by atoms with Gasteiger partial charge in [0, 0.05) is 11.0 Å². The lowest BCUT2D eigenvalue weighted by atomic mass is 9.70. The van der Waals surface area contributed by atoms with E-state index in [4.69, 9.17) is 0 Å². The Kier molecular flexibility index (Phi) is 6.83. The summed E-state index contributed by atoms with van der Waals surface area (Å²) in [5, 5.41) is 0. The second kappa shape index (κ2) is 9.32. The Morgan fingerprint density at radius 2 is 1.43 bits per heavy atom. The number of benzene rings is 2. The van der Waals surface area contributed by atoms with Crippen molar-refractivity contribution in [2.24, 2.45) is 5.41 Å². The van der Waals surface area contributed by atoms with E-state index in [0.29, 0.717) is 18.4 Å². The van der Waals surface area contributed by atoms with Crippen molar-refractivity contribution < 1.29 is 8.78 Å². The summed E-state index contributed by atoms with van der Waals surface area (Å²) < 4.78 is 30.4. The SMILES string of the molecule is CCCCCC1(CCC)C=CC(c2ccc(-c3ccccc3)cc2)=C(F)C1F. The zero-order chi connectivity index (χ0) is 20.0. The fourth-order valence-electron chi connectivity index (χ4n) is 4.22. The van der Waals surface area contributed by atoms with E-state index in [1.165, 1.54) is 0 Å². The molecule has 148 valence electrons. The molecule has 0 aliphatic heterocycles. The molecule has 0 nitrogen and oxygen atoms in total. The van der Waals surface area contributed by atoms with Crippen molar-refractivity contribution in [2.45, 2.75) is 58.5 Å². The van der Waals surface area contributed by atoms with Crippen LogP contribution in [0.2, 0.25) is 0 Å². The summed E-state index contributed by atoms with van der Waals surface area (Å²) in [7, 11) is 0. The summed E-state index contributed by atoms with van der Waals surface area (Å²) in [5.41, 5.74) is 2.61. The molecule has 1 aliphatic rings. The lowest BCUT2D eigenvalue weighted by Crippen LogP contribution is -2.33. The highest BCUT2D eigenvalue weighted by molar-refractivity contribution is 5.79. The van der Waals surface area contributed by atoms with Crippen LogP contribution in [-0.4, -0.2) is 6.17 Å². The minimum Gasteiger partial charge on any atom is -0.239 e. The fraction of sp³-hybridized carbons (Fsp3) is 0.385. The van der Waals surface area contributed by atoms with Crippen LogP contribution >= 0.6 is 0 Å². The van der Waals surface area contributed by atoms with E-state index in [-0.39, 0.29) is 0 Å². The molecule has 2 heteroatoms. The van der Waals surface area contributed by atoms with Gasteiger partial charge in [0.15, 0.2) is 6.17 Å². The van der Waals surface area contributed by atoms with Crippen LogP contribution < -0.4 is 0 Å². The predicted octanol–water partition coefficient (Wildman–Crippen LogP) is 8.31. The molecular weight excluding hydrogens is 350 g/mol. The zero-order valence-electron chi connectivity index (χ0n) is 16.9. The van der Waals surface area contributed by atoms with Gasteiger partial charge in [-0.05, 0) is 29.5 Å². The molecule has 0 spiro atoms. The third-order valence-corrected chi connectivity index (χ3v) is 5.83. The minimum absolute atomic E-state index is 0.384. The van der Waals surface area contributed by atoms with Crippen LogP contribution in [0.25, 0.3) is 16.7 Å². The Hall–Kier alpha value is -2.22. The Morgan fingerprint density at radius 3 is 2.07 bits per heavy atom. The normalized spacial score (nSPS) is 21.9. The van der Waals surface area contributed by atoms with Crippen LogP contribution in [0.4, 0.5) is 8.78 Å². The van der Waals surface area contributed by atoms with Gasteiger partial charge < -0.3 is 0 Å². The van der Waals surface area contributed by atoms with Gasteiger partial charge in [0.25, 0.3) is 0 Å². The van der Waals surface area contributed by atoms with Crippen molar-refractivity contribution in [1.82, 2.24) is 0 Å². The molecule has 0 saturated carbocycles. The van der Waals surface area contributed by atoms with Gasteiger partial charge in [-0.15, -0.1) is 0 Å². The summed E-state index contributed by atoms with van der Waals surface area (Å²) in [6, 6.07) is 17.8. The smallest absolute Gasteiger partial charge is 0.161 e. The first-order valence-electron chi connectivity index (χ1n) is 10.5. The molecule has 2 unspecified atom stereocenters. The molecule has 0 saturated heterocycles. The summed E-state index contributed by atoms with van der Waals surface area (Å²) in [6.45, 7) is 4.18. The highest BCUT2D eigenvalue weighted by atomic mass is 19.2. The van der Waals surface area contributed by atoms with Crippen LogP contribution in [0.15, 0.2) is 72.6 Å². The Bertz CT molecular complexity index is 817. The third kappa shape index (κ3) is 4.27. The number of alkyl halides is 1. The van der Waals surface area contributed by atoms with Gasteiger partial charge in [0.2, 0.25) is 0 Å². The summed E-state index contributed by atoms with van der Waals surface area (Å²) in [6.07, 6.45) is 7.53. The molecule has 28 heavy (non-hydrogen) atoms. The van der Waals surface area contributed by atoms with E-state index >= 15 is 8.78 Å². The number of halogens is 2. The van der Waals surface area contributed by atoms with Crippen molar-refractivity contribution in [2.75, 3.05) is 0 Å². The van der Waals surface area contributed by atoms with Crippen LogP contribution in [0.1, 0.15) is 57.9 Å². The first kappa shape index (κ1) is 20.5. The Morgan fingerprint density at radius 1 is 0.786 bits per heavy atom. The van der Waals surface area contributed by atoms with Crippen molar-refractivity contribution in [1.29, 1.82) is 0 Å². The summed E-state index contributed by atoms with van der Waals surface area (Å²) in [5.74, 6) is -0.611. The van der Waals surface area contributed by atoms with Crippen LogP contribution in [0, 0.1) is 5.41 Å². The molecule has 0 heterocycles. The lowest BCUT2D eigenvalue weighted by Gasteiger charge is -2.36. The molecule has 0 amide bonds. The fourth-order valence-corrected chi connectivity index (χ4v) is 4.22. The predicted molar refractivity (Wildman–Crippen MR) is 115 cm³/mol. The van der Waals surface area contributed by atoms with Gasteiger partial charge >= 0.3 is 0 Å². The molecule has 0 N–H and O–H groups in total. The molecule has 0 radical (unpaired) electrons. The Balaban J connectivity index is 1.85. The number of unbranched alkanes of at least 4 members (excludes halogenated alkanes) is 2. The van der Waals surface area contributed by atoms with E-state index in [1.54, 1.807) is 0 Å². The van der Waals surface area contributed by atoms with E-state index < -0.39 is 17.4 Å². The molecule has 2 aromatic rings. The monoisotopic (exact) mass is 380 g/mol. The molecule has 0 bridgehead atoms. The van der Waals surface area contributed by atoms with E-state index in [1.807, 2.05) is 73.7 Å². The molecule has 3 rings (SSSR count). The summed E-state index contributed by atoms with van der Waals surface area (Å²) >= 11 is 0. The van der Waals surface area contributed by atoms with Gasteiger partial charge in [-0.3, -0.25) is 0 Å². The van der Waals surface area contributed by atoms with E-state index in [2.05, 4.69) is 6.92 Å². The maximum Gasteiger partial charge on any atom is 0.161 e. The molecule has 1 aliphatic carbocycles. The average molecular weight is 381 g/mol. The number of hydrogen-bond donors (Lipinski definition) is 0. The van der Waals surface area contributed by atoms with Gasteiger partial charge in [0.1, 0.15) is 5.83 Å². The van der Waals surface area contributed by atoms with Gasteiger partial charge in [0.05, 0.1) is 0 Å². The molecule has 2 aromatic carbocycles. The van der Waals surface area contributed by atoms with Crippen LogP contribution in [-0.2, 0) is 0 Å². The van der Waals surface area contributed by atoms with Gasteiger partial charge in [-0.2, -0.15) is 0 Å². The standard InChI is InChI=1S/C26H30F2/c1-3-5-9-18-26(17-4-2)19-16-23(24(27)25(26)28)22-14-12-21(13-15-22)20-10-7-6-8-11-20/h6-8,10-16,19,25H,3-5,9,17-18H2,1-2H3. The quantitative estimate of drug-likeness (QED) is 0.404. The zero-order valence-corrected chi connectivity index (χ0v) is 16.9. The van der Waals surface area contributed by atoms with Crippen molar-refractivity contribution in [3.05, 3.63) is 78.1 Å². The maximum absolute atomic E-state index is 15.3. The van der Waals surface area contributed by atoms with Gasteiger partial charge in [-0.25, -0.2) is 8.78 Å². The Labute approximate surface area is 168 Å². The van der Waals surface area contributed by atoms with Crippen LogP contribution in [0.5, 0.6) is 0 Å². The highest BCUT2D eigenvalue weighted by Crippen LogP contribution is 2.47. The molecule has 0 fully saturated rings. The van der Waals surface area contributed by atoms with E-state index in [9.17, 15) is 0 Å². The lowest BCUT2D eigenvalue weighted by molar-refractivity contribution is 0.134. The molecule has 2 atom stereocenters. The minimum atomic E-state index is -1.56. The average Bonchev–Trinajstić information content (AvgIpc) is 2.73. The van der Waals surface area contributed by atoms with Crippen molar-refractivity contribution in [3.8, 4) is 11.1 Å². The van der Waals surface area contributed by atoms with Gasteiger partial charge in [-0.1, -0.05) is 106 Å². The maximum atomic E-state index is 15.3. The number of rotatable bonds is 8. The topological polar surface area (TPSA) is 0 Å². The first-order chi connectivity index (χ1) is 13.6. The van der Waals surface area contributed by atoms with Crippen molar-refractivity contribution >= 4 is 5.57 Å². The number of allylic oxidation sites excluding steroid dienone is 4. The second-order valence-electron chi connectivity index (χ2n) is 7.84. The molecule has 0 aromatic heterocycles. The van der Waals surface area contributed by atoms with Crippen LogP contribution in [0.3, 0.4) is 0 Å². The molecular formula is C26H30F2. The number of hydrogen-bond acceptors (Lipinski definition) is 0. The largest absolute Gasteiger partial charge is 0.239 e. The first-order valence-corrected chi connectivity index (χ1v) is 10.5.